The topological polar surface area (TPSA) is 60.4 Å². The molecule has 0 radical (unpaired) electrons. The third-order valence-corrected chi connectivity index (χ3v) is 3.32. The molecular weight excluding hydrogens is 228 g/mol. The van der Waals surface area contributed by atoms with Gasteiger partial charge in [0, 0.05) is 0 Å². The van der Waals surface area contributed by atoms with Crippen LogP contribution in [0.1, 0.15) is 12.5 Å². The summed E-state index contributed by atoms with van der Waals surface area (Å²) in [5, 5.41) is 0. The number of hydrogen-bond acceptors (Lipinski definition) is 4. The molecule has 88 valence electrons. The molecule has 0 aliphatic heterocycles. The second-order valence-electron chi connectivity index (χ2n) is 3.32. The first-order chi connectivity index (χ1) is 7.53. The molecule has 5 heteroatoms. The molecule has 0 heterocycles. The van der Waals surface area contributed by atoms with Gasteiger partial charge < -0.3 is 4.74 Å². The molecule has 0 fully saturated rings. The minimum Gasteiger partial charge on any atom is -0.465 e. The van der Waals surface area contributed by atoms with Crippen molar-refractivity contribution in [2.24, 2.45) is 0 Å². The quantitative estimate of drug-likeness (QED) is 0.727. The molecule has 4 nitrogen and oxygen atoms in total. The summed E-state index contributed by atoms with van der Waals surface area (Å²) in [7, 11) is -3.43. The lowest BCUT2D eigenvalue weighted by atomic mass is 10.2. The molecule has 1 rings (SSSR count). The van der Waals surface area contributed by atoms with Gasteiger partial charge in [0.1, 0.15) is 5.75 Å². The van der Waals surface area contributed by atoms with Gasteiger partial charge in [-0.15, -0.1) is 0 Å². The van der Waals surface area contributed by atoms with Crippen molar-refractivity contribution in [3.63, 3.8) is 0 Å². The molecule has 1 aromatic rings. The van der Waals surface area contributed by atoms with Crippen molar-refractivity contribution in [3.05, 3.63) is 35.9 Å². The summed E-state index contributed by atoms with van der Waals surface area (Å²) in [6.45, 7) is 1.83. The number of hydrogen-bond donors (Lipinski definition) is 0. The smallest absolute Gasteiger partial charge is 0.321 e. The molecule has 1 aromatic carbocycles. The molecule has 0 aliphatic carbocycles. The van der Waals surface area contributed by atoms with E-state index < -0.39 is 21.6 Å². The third kappa shape index (κ3) is 4.44. The Kier molecular flexibility index (Phi) is 4.49. The minimum atomic E-state index is -3.43. The lowest BCUT2D eigenvalue weighted by Crippen LogP contribution is -2.19. The molecule has 0 saturated carbocycles. The van der Waals surface area contributed by atoms with E-state index in [0.717, 1.165) is 0 Å². The minimum absolute atomic E-state index is 0.132. The summed E-state index contributed by atoms with van der Waals surface area (Å²) < 4.78 is 27.8. The molecule has 0 aliphatic rings. The molecule has 0 bridgehead atoms. The van der Waals surface area contributed by atoms with Crippen LogP contribution < -0.4 is 0 Å². The normalized spacial score (nSPS) is 11.1. The molecule has 0 saturated heterocycles. The average Bonchev–Trinajstić information content (AvgIpc) is 2.17. The highest BCUT2D eigenvalue weighted by Crippen LogP contribution is 2.06. The van der Waals surface area contributed by atoms with E-state index in [-0.39, 0.29) is 12.4 Å². The van der Waals surface area contributed by atoms with Gasteiger partial charge in [-0.1, -0.05) is 30.3 Å². The van der Waals surface area contributed by atoms with Crippen LogP contribution in [0.5, 0.6) is 0 Å². The van der Waals surface area contributed by atoms with Gasteiger partial charge in [0.25, 0.3) is 0 Å². The van der Waals surface area contributed by atoms with Crippen LogP contribution in [-0.2, 0) is 25.1 Å². The fourth-order valence-electron chi connectivity index (χ4n) is 1.26. The Morgan fingerprint density at radius 3 is 2.44 bits per heavy atom. The van der Waals surface area contributed by atoms with Crippen LogP contribution in [0.3, 0.4) is 0 Å². The maximum atomic E-state index is 11.6. The number of carbonyl (C=O) groups excluding carboxylic acids is 1. The van der Waals surface area contributed by atoms with E-state index >= 15 is 0 Å². The van der Waals surface area contributed by atoms with Crippen LogP contribution in [-0.4, -0.2) is 26.7 Å². The largest absolute Gasteiger partial charge is 0.465 e. The molecule has 0 spiro atoms. The molecule has 0 amide bonds. The summed E-state index contributed by atoms with van der Waals surface area (Å²) in [4.78, 5) is 11.0. The van der Waals surface area contributed by atoms with Crippen molar-refractivity contribution in [1.82, 2.24) is 0 Å². The number of rotatable bonds is 5. The number of carbonyl (C=O) groups is 1. The van der Waals surface area contributed by atoms with Crippen molar-refractivity contribution in [2.45, 2.75) is 12.7 Å². The van der Waals surface area contributed by atoms with E-state index in [0.29, 0.717) is 5.56 Å². The van der Waals surface area contributed by atoms with E-state index in [4.69, 9.17) is 0 Å². The van der Waals surface area contributed by atoms with Crippen LogP contribution >= 0.6 is 0 Å². The van der Waals surface area contributed by atoms with E-state index in [1.807, 2.05) is 6.07 Å². The Hall–Kier alpha value is -1.36. The van der Waals surface area contributed by atoms with Gasteiger partial charge in [0.15, 0.2) is 9.84 Å². The molecule has 0 aromatic heterocycles. The highest BCUT2D eigenvalue weighted by Gasteiger charge is 2.17. The van der Waals surface area contributed by atoms with Gasteiger partial charge in [-0.25, -0.2) is 8.42 Å². The standard InChI is InChI=1S/C11H14O4S/c1-2-15-11(12)9-16(13,14)8-10-6-4-3-5-7-10/h3-7H,2,8-9H2,1H3. The number of esters is 1. The van der Waals surface area contributed by atoms with Crippen LogP contribution in [0, 0.1) is 0 Å². The Bertz CT molecular complexity index is 436. The first kappa shape index (κ1) is 12.7. The van der Waals surface area contributed by atoms with E-state index in [1.54, 1.807) is 31.2 Å². The summed E-state index contributed by atoms with van der Waals surface area (Å²) in [5.74, 6) is -1.39. The first-order valence-electron chi connectivity index (χ1n) is 4.93. The van der Waals surface area contributed by atoms with Crippen LogP contribution in [0.15, 0.2) is 30.3 Å². The molecule has 0 unspecified atom stereocenters. The maximum absolute atomic E-state index is 11.6. The summed E-state index contributed by atoms with van der Waals surface area (Å²) in [6, 6.07) is 8.75. The zero-order valence-electron chi connectivity index (χ0n) is 9.05. The second-order valence-corrected chi connectivity index (χ2v) is 5.39. The summed E-state index contributed by atoms with van der Waals surface area (Å²) in [6.07, 6.45) is 0. The van der Waals surface area contributed by atoms with Crippen LogP contribution in [0.25, 0.3) is 0 Å². The molecule has 16 heavy (non-hydrogen) atoms. The molecule has 0 atom stereocenters. The summed E-state index contributed by atoms with van der Waals surface area (Å²) in [5.41, 5.74) is 0.673. The Balaban J connectivity index is 2.63. The fourth-order valence-corrected chi connectivity index (χ4v) is 2.51. The molecular formula is C11H14O4S. The van der Waals surface area contributed by atoms with E-state index in [9.17, 15) is 13.2 Å². The zero-order valence-corrected chi connectivity index (χ0v) is 9.87. The van der Waals surface area contributed by atoms with Gasteiger partial charge in [-0.05, 0) is 12.5 Å². The molecule has 0 N–H and O–H groups in total. The van der Waals surface area contributed by atoms with Crippen molar-refractivity contribution < 1.29 is 17.9 Å². The van der Waals surface area contributed by atoms with Crippen molar-refractivity contribution >= 4 is 15.8 Å². The van der Waals surface area contributed by atoms with Crippen LogP contribution in [0.4, 0.5) is 0 Å². The van der Waals surface area contributed by atoms with Crippen molar-refractivity contribution in [2.75, 3.05) is 12.4 Å². The van der Waals surface area contributed by atoms with Gasteiger partial charge in [0.05, 0.1) is 12.4 Å². The zero-order chi connectivity index (χ0) is 12.0. The SMILES string of the molecule is CCOC(=O)CS(=O)(=O)Cc1ccccc1. The highest BCUT2D eigenvalue weighted by atomic mass is 32.2. The lowest BCUT2D eigenvalue weighted by Gasteiger charge is -2.04. The van der Waals surface area contributed by atoms with Gasteiger partial charge >= 0.3 is 5.97 Å². The van der Waals surface area contributed by atoms with Crippen molar-refractivity contribution in [3.8, 4) is 0 Å². The average molecular weight is 242 g/mol. The predicted molar refractivity (Wildman–Crippen MR) is 60.6 cm³/mol. The van der Waals surface area contributed by atoms with E-state index in [2.05, 4.69) is 4.74 Å². The van der Waals surface area contributed by atoms with Crippen molar-refractivity contribution in [1.29, 1.82) is 0 Å². The Labute approximate surface area is 95.2 Å². The van der Waals surface area contributed by atoms with E-state index in [1.165, 1.54) is 0 Å². The third-order valence-electron chi connectivity index (χ3n) is 1.87. The first-order valence-corrected chi connectivity index (χ1v) is 6.75. The summed E-state index contributed by atoms with van der Waals surface area (Å²) >= 11 is 0. The monoisotopic (exact) mass is 242 g/mol. The Morgan fingerprint density at radius 1 is 1.25 bits per heavy atom. The maximum Gasteiger partial charge on any atom is 0.321 e. The predicted octanol–water partition coefficient (Wildman–Crippen LogP) is 1.16. The van der Waals surface area contributed by atoms with Gasteiger partial charge in [-0.3, -0.25) is 4.79 Å². The Morgan fingerprint density at radius 2 is 1.88 bits per heavy atom. The van der Waals surface area contributed by atoms with Gasteiger partial charge in [0.2, 0.25) is 0 Å². The second kappa shape index (κ2) is 5.65. The highest BCUT2D eigenvalue weighted by molar-refractivity contribution is 7.91. The van der Waals surface area contributed by atoms with Crippen LogP contribution in [0.2, 0.25) is 0 Å². The fraction of sp³-hybridized carbons (Fsp3) is 0.364. The van der Waals surface area contributed by atoms with Gasteiger partial charge in [-0.2, -0.15) is 0 Å². The number of sulfone groups is 1. The lowest BCUT2D eigenvalue weighted by molar-refractivity contribution is -0.139. The number of benzene rings is 1. The number of ether oxygens (including phenoxy) is 1.